The molecule has 0 amide bonds. The zero-order valence-electron chi connectivity index (χ0n) is 21.5. The Bertz CT molecular complexity index is 1080. The molecule has 0 aliphatic rings. The van der Waals surface area contributed by atoms with Gasteiger partial charge < -0.3 is 33.9 Å². The molecule has 0 saturated carbocycles. The number of nitro groups is 1. The number of carbonyl (C=O) groups is 2. The van der Waals surface area contributed by atoms with E-state index in [0.717, 1.165) is 5.56 Å². The van der Waals surface area contributed by atoms with Crippen molar-refractivity contribution in [2.45, 2.75) is 13.8 Å². The van der Waals surface area contributed by atoms with Crippen LogP contribution in [0.3, 0.4) is 0 Å². The fourth-order valence-corrected chi connectivity index (χ4v) is 3.51. The summed E-state index contributed by atoms with van der Waals surface area (Å²) in [5.74, 6) is -0.666. The zero-order valence-corrected chi connectivity index (χ0v) is 21.5. The van der Waals surface area contributed by atoms with Gasteiger partial charge in [0.15, 0.2) is 0 Å². The lowest BCUT2D eigenvalue weighted by Gasteiger charge is -2.26. The summed E-state index contributed by atoms with van der Waals surface area (Å²) in [5.41, 5.74) is 1.70. The molecule has 0 radical (unpaired) electrons. The number of non-ortho nitro benzene ring substituents is 1. The van der Waals surface area contributed by atoms with Crippen molar-refractivity contribution in [3.8, 4) is 11.5 Å². The highest BCUT2D eigenvalue weighted by Gasteiger charge is 2.20. The highest BCUT2D eigenvalue weighted by Crippen LogP contribution is 2.32. The number of phenols is 1. The molecule has 12 nitrogen and oxygen atoms in total. The van der Waals surface area contributed by atoms with Crippen LogP contribution in [-0.2, 0) is 23.8 Å². The molecule has 0 heterocycles. The van der Waals surface area contributed by atoms with Crippen LogP contribution in [-0.4, -0.2) is 82.2 Å². The number of benzene rings is 2. The number of aromatic hydroxyl groups is 1. The van der Waals surface area contributed by atoms with Gasteiger partial charge in [0.2, 0.25) is 0 Å². The molecular weight excluding hydrogens is 486 g/mol. The van der Waals surface area contributed by atoms with Crippen LogP contribution < -0.4 is 14.5 Å². The third kappa shape index (κ3) is 8.83. The average Bonchev–Trinajstić information content (AvgIpc) is 2.87. The maximum absolute atomic E-state index is 12.0. The van der Waals surface area contributed by atoms with Crippen molar-refractivity contribution in [3.63, 3.8) is 0 Å². The minimum absolute atomic E-state index is 0.0368. The van der Waals surface area contributed by atoms with E-state index in [4.69, 9.17) is 18.9 Å². The van der Waals surface area contributed by atoms with Crippen LogP contribution in [0, 0.1) is 17.0 Å². The fraction of sp³-hybridized carbons (Fsp3) is 0.440. The molecule has 0 atom stereocenters. The quantitative estimate of drug-likeness (QED) is 0.161. The Labute approximate surface area is 215 Å². The third-order valence-corrected chi connectivity index (χ3v) is 5.37. The Balaban J connectivity index is 2.09. The first-order valence-electron chi connectivity index (χ1n) is 11.6. The highest BCUT2D eigenvalue weighted by molar-refractivity contribution is 5.78. The molecule has 12 heteroatoms. The van der Waals surface area contributed by atoms with Gasteiger partial charge in [-0.1, -0.05) is 6.07 Å². The molecule has 0 fully saturated rings. The van der Waals surface area contributed by atoms with Crippen molar-refractivity contribution in [3.05, 3.63) is 52.1 Å². The van der Waals surface area contributed by atoms with Gasteiger partial charge >= 0.3 is 11.9 Å². The Morgan fingerprint density at radius 1 is 0.946 bits per heavy atom. The standard InChI is InChI=1S/C25H33N3O9/c1-5-37-23-15-19(28(32)33)7-9-21(23)27(17-25(31)35-4)11-13-36-12-10-26(16-24(30)34-3)20-8-6-18(2)14-22(20)29/h6-9,14-15,29H,5,10-13,16-17H2,1-4H3. The molecule has 2 aromatic carbocycles. The van der Waals surface area contributed by atoms with Crippen molar-refractivity contribution in [2.24, 2.45) is 0 Å². The van der Waals surface area contributed by atoms with Crippen molar-refractivity contribution in [2.75, 3.05) is 70.0 Å². The maximum atomic E-state index is 12.0. The van der Waals surface area contributed by atoms with Gasteiger partial charge in [-0.25, -0.2) is 0 Å². The molecule has 37 heavy (non-hydrogen) atoms. The van der Waals surface area contributed by atoms with Gasteiger partial charge in [-0.15, -0.1) is 0 Å². The predicted octanol–water partition coefficient (Wildman–Crippen LogP) is 2.68. The second-order valence-electron chi connectivity index (χ2n) is 7.94. The number of rotatable bonds is 15. The summed E-state index contributed by atoms with van der Waals surface area (Å²) in [6.45, 7) is 4.60. The van der Waals surface area contributed by atoms with Crippen LogP contribution >= 0.6 is 0 Å². The van der Waals surface area contributed by atoms with Crippen LogP contribution in [0.2, 0.25) is 0 Å². The fourth-order valence-electron chi connectivity index (χ4n) is 3.51. The third-order valence-electron chi connectivity index (χ3n) is 5.37. The number of nitrogens with zero attached hydrogens (tertiary/aromatic N) is 3. The van der Waals surface area contributed by atoms with E-state index in [1.54, 1.807) is 28.9 Å². The normalized spacial score (nSPS) is 10.5. The molecule has 2 aromatic rings. The second kappa shape index (κ2) is 14.5. The molecule has 202 valence electrons. The zero-order chi connectivity index (χ0) is 27.4. The van der Waals surface area contributed by atoms with E-state index in [9.17, 15) is 24.8 Å². The molecule has 0 saturated heterocycles. The highest BCUT2D eigenvalue weighted by atomic mass is 16.6. The molecular formula is C25H33N3O9. The molecule has 0 unspecified atom stereocenters. The number of nitro benzene ring substituents is 1. The number of hydrogen-bond donors (Lipinski definition) is 1. The first-order valence-corrected chi connectivity index (χ1v) is 11.6. The van der Waals surface area contributed by atoms with Crippen molar-refractivity contribution < 1.29 is 38.6 Å². The van der Waals surface area contributed by atoms with Gasteiger partial charge in [0.05, 0.1) is 56.4 Å². The van der Waals surface area contributed by atoms with Crippen LogP contribution in [0.1, 0.15) is 12.5 Å². The number of ether oxygens (including phenoxy) is 4. The van der Waals surface area contributed by atoms with E-state index in [-0.39, 0.29) is 63.2 Å². The van der Waals surface area contributed by atoms with Gasteiger partial charge in [-0.05, 0) is 37.6 Å². The van der Waals surface area contributed by atoms with Crippen LogP contribution in [0.4, 0.5) is 17.1 Å². The van der Waals surface area contributed by atoms with Crippen molar-refractivity contribution in [1.29, 1.82) is 0 Å². The Hall–Kier alpha value is -4.06. The topological polar surface area (TPSA) is 141 Å². The van der Waals surface area contributed by atoms with E-state index in [1.165, 1.54) is 32.4 Å². The SMILES string of the molecule is CCOc1cc([N+](=O)[O-])ccc1N(CCOCCN(CC(=O)OC)c1ccc(C)cc1O)CC(=O)OC. The van der Waals surface area contributed by atoms with Gasteiger partial charge in [-0.2, -0.15) is 0 Å². The van der Waals surface area contributed by atoms with Gasteiger partial charge in [-0.3, -0.25) is 19.7 Å². The van der Waals surface area contributed by atoms with Gasteiger partial charge in [0.25, 0.3) is 5.69 Å². The lowest BCUT2D eigenvalue weighted by Crippen LogP contribution is -2.36. The Morgan fingerprint density at radius 3 is 2.03 bits per heavy atom. The molecule has 0 aliphatic heterocycles. The monoisotopic (exact) mass is 519 g/mol. The maximum Gasteiger partial charge on any atom is 0.325 e. The first-order chi connectivity index (χ1) is 17.7. The van der Waals surface area contributed by atoms with Crippen LogP contribution in [0.5, 0.6) is 11.5 Å². The van der Waals surface area contributed by atoms with E-state index < -0.39 is 16.9 Å². The van der Waals surface area contributed by atoms with E-state index in [1.807, 2.05) is 13.0 Å². The van der Waals surface area contributed by atoms with Crippen molar-refractivity contribution >= 4 is 29.0 Å². The minimum Gasteiger partial charge on any atom is -0.506 e. The molecule has 0 spiro atoms. The van der Waals surface area contributed by atoms with Gasteiger partial charge in [0.1, 0.15) is 24.6 Å². The number of methoxy groups -OCH3 is 2. The average molecular weight is 520 g/mol. The molecule has 0 aliphatic carbocycles. The molecule has 0 aromatic heterocycles. The van der Waals surface area contributed by atoms with Crippen molar-refractivity contribution in [1.82, 2.24) is 0 Å². The molecule has 1 N–H and O–H groups in total. The number of esters is 2. The molecule has 2 rings (SSSR count). The minimum atomic E-state index is -0.522. The predicted molar refractivity (Wildman–Crippen MR) is 136 cm³/mol. The summed E-state index contributed by atoms with van der Waals surface area (Å²) in [5, 5.41) is 21.5. The summed E-state index contributed by atoms with van der Waals surface area (Å²) in [4.78, 5) is 37.9. The number of anilines is 2. The number of aryl methyl sites for hydroxylation is 1. The largest absolute Gasteiger partial charge is 0.506 e. The van der Waals surface area contributed by atoms with E-state index in [0.29, 0.717) is 11.4 Å². The smallest absolute Gasteiger partial charge is 0.325 e. The lowest BCUT2D eigenvalue weighted by atomic mass is 10.2. The van der Waals surface area contributed by atoms with Crippen LogP contribution in [0.15, 0.2) is 36.4 Å². The number of carbonyl (C=O) groups excluding carboxylic acids is 2. The Kier molecular flexibility index (Phi) is 11.4. The van der Waals surface area contributed by atoms with E-state index in [2.05, 4.69) is 0 Å². The first kappa shape index (κ1) is 29.2. The van der Waals surface area contributed by atoms with Gasteiger partial charge in [0, 0.05) is 19.2 Å². The van der Waals surface area contributed by atoms with E-state index >= 15 is 0 Å². The number of phenolic OH excluding ortho intramolecular Hbond substituents is 1. The lowest BCUT2D eigenvalue weighted by molar-refractivity contribution is -0.384. The van der Waals surface area contributed by atoms with Crippen LogP contribution in [0.25, 0.3) is 0 Å². The second-order valence-corrected chi connectivity index (χ2v) is 7.94. The summed E-state index contributed by atoms with van der Waals surface area (Å²) in [7, 11) is 2.56. The number of hydrogen-bond acceptors (Lipinski definition) is 11. The Morgan fingerprint density at radius 2 is 1.51 bits per heavy atom. The summed E-state index contributed by atoms with van der Waals surface area (Å²) in [6.07, 6.45) is 0. The summed E-state index contributed by atoms with van der Waals surface area (Å²) in [6, 6.07) is 9.31. The summed E-state index contributed by atoms with van der Waals surface area (Å²) < 4.78 is 20.9. The summed E-state index contributed by atoms with van der Waals surface area (Å²) >= 11 is 0. The molecule has 0 bridgehead atoms.